The van der Waals surface area contributed by atoms with Crippen molar-refractivity contribution in [2.75, 3.05) is 18.8 Å². The first kappa shape index (κ1) is 13.4. The molecular formula is C19H21NS. The first-order chi connectivity index (χ1) is 10.3. The van der Waals surface area contributed by atoms with Gasteiger partial charge in [0.15, 0.2) is 0 Å². The molecule has 2 heterocycles. The molecule has 2 aliphatic rings. The van der Waals surface area contributed by atoms with E-state index in [1.165, 1.54) is 28.2 Å². The van der Waals surface area contributed by atoms with Crippen LogP contribution >= 0.6 is 11.8 Å². The average Bonchev–Trinajstić information content (AvgIpc) is 2.86. The Morgan fingerprint density at radius 3 is 2.76 bits per heavy atom. The van der Waals surface area contributed by atoms with Gasteiger partial charge in [-0.15, -0.1) is 11.8 Å². The van der Waals surface area contributed by atoms with Crippen molar-refractivity contribution in [2.45, 2.75) is 29.6 Å². The van der Waals surface area contributed by atoms with Crippen LogP contribution in [0.2, 0.25) is 0 Å². The van der Waals surface area contributed by atoms with Gasteiger partial charge in [-0.2, -0.15) is 0 Å². The van der Waals surface area contributed by atoms with E-state index < -0.39 is 0 Å². The monoisotopic (exact) mass is 295 g/mol. The van der Waals surface area contributed by atoms with Crippen molar-refractivity contribution in [2.24, 2.45) is 0 Å². The van der Waals surface area contributed by atoms with Gasteiger partial charge in [0.25, 0.3) is 0 Å². The minimum atomic E-state index is 0.342. The minimum absolute atomic E-state index is 0.342. The second-order valence-electron chi connectivity index (χ2n) is 6.50. The van der Waals surface area contributed by atoms with Gasteiger partial charge in [-0.25, -0.2) is 0 Å². The van der Waals surface area contributed by atoms with Crippen LogP contribution in [0.25, 0.3) is 0 Å². The molecule has 1 fully saturated rings. The van der Waals surface area contributed by atoms with Crippen LogP contribution < -0.4 is 5.32 Å². The standard InChI is InChI=1S/C19H21NS/c1-14-5-4-6-16(9-14)19(12-20-13-19)10-15-11-21-18-8-3-2-7-17(15)18/h2-9,15,20H,10-13H2,1H3. The van der Waals surface area contributed by atoms with E-state index in [4.69, 9.17) is 0 Å². The first-order valence-corrected chi connectivity index (χ1v) is 8.75. The van der Waals surface area contributed by atoms with Crippen LogP contribution in [0.3, 0.4) is 0 Å². The van der Waals surface area contributed by atoms with Crippen LogP contribution in [0.4, 0.5) is 0 Å². The van der Waals surface area contributed by atoms with Gasteiger partial charge in [-0.3, -0.25) is 0 Å². The van der Waals surface area contributed by atoms with Gasteiger partial charge in [0.05, 0.1) is 0 Å². The van der Waals surface area contributed by atoms with Gasteiger partial charge >= 0.3 is 0 Å². The number of hydrogen-bond donors (Lipinski definition) is 1. The van der Waals surface area contributed by atoms with Crippen molar-refractivity contribution in [1.82, 2.24) is 5.32 Å². The minimum Gasteiger partial charge on any atom is -0.315 e. The molecule has 21 heavy (non-hydrogen) atoms. The molecule has 108 valence electrons. The summed E-state index contributed by atoms with van der Waals surface area (Å²) in [5.74, 6) is 1.95. The van der Waals surface area contributed by atoms with Crippen molar-refractivity contribution in [1.29, 1.82) is 0 Å². The number of benzene rings is 2. The van der Waals surface area contributed by atoms with Crippen molar-refractivity contribution >= 4 is 11.8 Å². The smallest absolute Gasteiger partial charge is 0.0208 e. The third-order valence-corrected chi connectivity index (χ3v) is 6.25. The van der Waals surface area contributed by atoms with E-state index in [-0.39, 0.29) is 0 Å². The Kier molecular flexibility index (Phi) is 3.31. The van der Waals surface area contributed by atoms with Gasteiger partial charge in [-0.1, -0.05) is 48.0 Å². The number of aryl methyl sites for hydroxylation is 1. The highest BCUT2D eigenvalue weighted by atomic mass is 32.2. The molecule has 1 saturated heterocycles. The lowest BCUT2D eigenvalue weighted by Gasteiger charge is -2.45. The zero-order chi connectivity index (χ0) is 14.3. The summed E-state index contributed by atoms with van der Waals surface area (Å²) in [6.45, 7) is 4.45. The Bertz CT molecular complexity index is 660. The molecule has 0 bridgehead atoms. The van der Waals surface area contributed by atoms with Gasteiger partial charge in [0.1, 0.15) is 0 Å². The van der Waals surface area contributed by atoms with Crippen LogP contribution in [0.15, 0.2) is 53.4 Å². The molecule has 1 atom stereocenters. The normalized spacial score (nSPS) is 22.6. The van der Waals surface area contributed by atoms with Gasteiger partial charge in [-0.05, 0) is 36.5 Å². The summed E-state index contributed by atoms with van der Waals surface area (Å²) in [6.07, 6.45) is 1.27. The summed E-state index contributed by atoms with van der Waals surface area (Å²) < 4.78 is 0. The van der Waals surface area contributed by atoms with E-state index >= 15 is 0 Å². The lowest BCUT2D eigenvalue weighted by molar-refractivity contribution is 0.245. The maximum atomic E-state index is 3.51. The molecule has 1 unspecified atom stereocenters. The van der Waals surface area contributed by atoms with E-state index in [1.807, 2.05) is 11.8 Å². The number of thioether (sulfide) groups is 1. The molecule has 1 nitrogen and oxygen atoms in total. The molecule has 0 aliphatic carbocycles. The molecule has 0 aromatic heterocycles. The highest BCUT2D eigenvalue weighted by molar-refractivity contribution is 7.99. The number of rotatable bonds is 3. The summed E-state index contributed by atoms with van der Waals surface area (Å²) in [7, 11) is 0. The fourth-order valence-corrected chi connectivity index (χ4v) is 4.99. The molecule has 1 N–H and O–H groups in total. The Labute approximate surface area is 131 Å². The third-order valence-electron chi connectivity index (χ3n) is 4.99. The third kappa shape index (κ3) is 2.31. The second kappa shape index (κ2) is 5.19. The molecule has 2 aromatic rings. The zero-order valence-corrected chi connectivity index (χ0v) is 13.2. The molecule has 4 rings (SSSR count). The molecule has 2 aliphatic heterocycles. The van der Waals surface area contributed by atoms with Crippen LogP contribution in [-0.2, 0) is 5.41 Å². The predicted octanol–water partition coefficient (Wildman–Crippen LogP) is 4.12. The van der Waals surface area contributed by atoms with Crippen LogP contribution in [-0.4, -0.2) is 18.8 Å². The Balaban J connectivity index is 1.64. The lowest BCUT2D eigenvalue weighted by atomic mass is 9.68. The van der Waals surface area contributed by atoms with Gasteiger partial charge < -0.3 is 5.32 Å². The summed E-state index contributed by atoms with van der Waals surface area (Å²) in [4.78, 5) is 1.49. The maximum absolute atomic E-state index is 3.51. The van der Waals surface area contributed by atoms with Crippen LogP contribution in [0, 0.1) is 6.92 Å². The summed E-state index contributed by atoms with van der Waals surface area (Å²) in [5, 5.41) is 3.51. The van der Waals surface area contributed by atoms with Crippen molar-refractivity contribution in [3.8, 4) is 0 Å². The largest absolute Gasteiger partial charge is 0.315 e. The highest BCUT2D eigenvalue weighted by Gasteiger charge is 2.42. The number of hydrogen-bond acceptors (Lipinski definition) is 2. The Morgan fingerprint density at radius 2 is 2.00 bits per heavy atom. The topological polar surface area (TPSA) is 12.0 Å². The zero-order valence-electron chi connectivity index (χ0n) is 12.4. The van der Waals surface area contributed by atoms with Gasteiger partial charge in [0, 0.05) is 29.2 Å². The van der Waals surface area contributed by atoms with Crippen molar-refractivity contribution in [3.05, 3.63) is 65.2 Å². The molecule has 0 saturated carbocycles. The predicted molar refractivity (Wildman–Crippen MR) is 90.3 cm³/mol. The van der Waals surface area contributed by atoms with Crippen molar-refractivity contribution < 1.29 is 0 Å². The Morgan fingerprint density at radius 1 is 1.14 bits per heavy atom. The van der Waals surface area contributed by atoms with Crippen LogP contribution in [0.1, 0.15) is 29.0 Å². The second-order valence-corrected chi connectivity index (χ2v) is 7.57. The highest BCUT2D eigenvalue weighted by Crippen LogP contribution is 2.46. The van der Waals surface area contributed by atoms with E-state index in [0.29, 0.717) is 11.3 Å². The number of nitrogens with one attached hydrogen (secondary N) is 1. The fourth-order valence-electron chi connectivity index (χ4n) is 3.74. The maximum Gasteiger partial charge on any atom is 0.0208 e. The quantitative estimate of drug-likeness (QED) is 0.914. The Hall–Kier alpha value is -1.25. The molecule has 2 aromatic carbocycles. The van der Waals surface area contributed by atoms with Crippen molar-refractivity contribution in [3.63, 3.8) is 0 Å². The van der Waals surface area contributed by atoms with E-state index in [1.54, 1.807) is 5.56 Å². The first-order valence-electron chi connectivity index (χ1n) is 7.76. The molecule has 2 heteroatoms. The molecule has 0 spiro atoms. The van der Waals surface area contributed by atoms with Crippen LogP contribution in [0.5, 0.6) is 0 Å². The van der Waals surface area contributed by atoms with E-state index in [0.717, 1.165) is 13.1 Å². The fraction of sp³-hybridized carbons (Fsp3) is 0.368. The molecule has 0 radical (unpaired) electrons. The average molecular weight is 295 g/mol. The summed E-state index contributed by atoms with van der Waals surface area (Å²) >= 11 is 2.03. The van der Waals surface area contributed by atoms with Gasteiger partial charge in [0.2, 0.25) is 0 Å². The summed E-state index contributed by atoms with van der Waals surface area (Å²) in [5.41, 5.74) is 4.81. The van der Waals surface area contributed by atoms with E-state index in [9.17, 15) is 0 Å². The molecular weight excluding hydrogens is 274 g/mol. The number of fused-ring (bicyclic) bond motifs is 1. The van der Waals surface area contributed by atoms with E-state index in [2.05, 4.69) is 60.8 Å². The summed E-state index contributed by atoms with van der Waals surface area (Å²) in [6, 6.07) is 18.1. The molecule has 0 amide bonds. The lowest BCUT2D eigenvalue weighted by Crippen LogP contribution is -2.57. The SMILES string of the molecule is Cc1cccc(C2(CC3CSc4ccccc43)CNC2)c1.